The highest BCUT2D eigenvalue weighted by Gasteiger charge is 2.14. The van der Waals surface area contributed by atoms with E-state index in [0.717, 1.165) is 11.3 Å². The van der Waals surface area contributed by atoms with E-state index >= 15 is 0 Å². The first-order chi connectivity index (χ1) is 16.3. The van der Waals surface area contributed by atoms with Gasteiger partial charge in [0.1, 0.15) is 0 Å². The molecular weight excluding hydrogens is 432 g/mol. The maximum atomic E-state index is 12.9. The van der Waals surface area contributed by atoms with Gasteiger partial charge in [-0.15, -0.1) is 0 Å². The number of rotatable bonds is 9. The van der Waals surface area contributed by atoms with Crippen molar-refractivity contribution in [2.75, 3.05) is 30.9 Å². The van der Waals surface area contributed by atoms with E-state index in [-0.39, 0.29) is 17.5 Å². The number of benzene rings is 3. The summed E-state index contributed by atoms with van der Waals surface area (Å²) in [5.41, 5.74) is 3.44. The zero-order valence-electron chi connectivity index (χ0n) is 19.0. The fraction of sp³-hybridized carbons (Fsp3) is 0.154. The second kappa shape index (κ2) is 11.4. The number of carbonyl (C=O) groups is 2. The molecule has 0 radical (unpaired) electrons. The van der Waals surface area contributed by atoms with Gasteiger partial charge in [0.15, 0.2) is 0 Å². The minimum atomic E-state index is -0.479. The van der Waals surface area contributed by atoms with Crippen molar-refractivity contribution in [1.29, 1.82) is 0 Å². The zero-order valence-corrected chi connectivity index (χ0v) is 19.0. The predicted octanol–water partition coefficient (Wildman–Crippen LogP) is 4.29. The lowest BCUT2D eigenvalue weighted by Gasteiger charge is -2.18. The summed E-state index contributed by atoms with van der Waals surface area (Å²) in [6.07, 6.45) is 3.61. The highest BCUT2D eigenvalue weighted by molar-refractivity contribution is 6.05. The first-order valence-corrected chi connectivity index (χ1v) is 10.7. The Bertz CT molecular complexity index is 1190. The summed E-state index contributed by atoms with van der Waals surface area (Å²) in [4.78, 5) is 37.3. The highest BCUT2D eigenvalue weighted by atomic mass is 16.6. The number of anilines is 2. The summed E-state index contributed by atoms with van der Waals surface area (Å²) in [6.45, 7) is 0.490. The molecule has 34 heavy (non-hydrogen) atoms. The van der Waals surface area contributed by atoms with E-state index in [1.165, 1.54) is 18.2 Å². The van der Waals surface area contributed by atoms with Crippen LogP contribution < -0.4 is 15.5 Å². The molecule has 0 saturated carbocycles. The number of nitrogens with one attached hydrogen (secondary N) is 2. The molecule has 0 aromatic heterocycles. The molecule has 0 spiro atoms. The molecule has 174 valence electrons. The first kappa shape index (κ1) is 24.2. The molecule has 0 saturated heterocycles. The molecule has 0 bridgehead atoms. The fourth-order valence-electron chi connectivity index (χ4n) is 3.31. The van der Waals surface area contributed by atoms with Crippen LogP contribution in [0.5, 0.6) is 0 Å². The highest BCUT2D eigenvalue weighted by Crippen LogP contribution is 2.23. The van der Waals surface area contributed by atoms with Gasteiger partial charge < -0.3 is 15.5 Å². The van der Waals surface area contributed by atoms with Gasteiger partial charge >= 0.3 is 0 Å². The van der Waals surface area contributed by atoms with Crippen LogP contribution in [0.25, 0.3) is 6.08 Å². The van der Waals surface area contributed by atoms with Crippen LogP contribution in [0.4, 0.5) is 17.1 Å². The number of nitro benzene ring substituents is 1. The third-order valence-electron chi connectivity index (χ3n) is 5.06. The third-order valence-corrected chi connectivity index (χ3v) is 5.06. The number of hydrogen-bond donors (Lipinski definition) is 2. The van der Waals surface area contributed by atoms with Crippen LogP contribution in [0.3, 0.4) is 0 Å². The largest absolute Gasteiger partial charge is 0.377 e. The van der Waals surface area contributed by atoms with E-state index in [1.54, 1.807) is 36.4 Å². The molecule has 0 fully saturated rings. The van der Waals surface area contributed by atoms with Crippen molar-refractivity contribution in [2.45, 2.75) is 6.42 Å². The van der Waals surface area contributed by atoms with Crippen LogP contribution in [0, 0.1) is 10.1 Å². The summed E-state index contributed by atoms with van der Waals surface area (Å²) in [6, 6.07) is 20.9. The molecule has 0 aliphatic carbocycles. The standard InChI is InChI=1S/C26H26N4O4/c1-29(2)24-14-11-21(18-23(24)26(32)27-17-16-19-6-4-3-5-7-19)28-25(31)15-10-20-8-12-22(13-9-20)30(33)34/h3-15,18H,16-17H2,1-2H3,(H,27,32)(H,28,31). The molecular formula is C26H26N4O4. The summed E-state index contributed by atoms with van der Waals surface area (Å²) in [5.74, 6) is -0.608. The Hall–Kier alpha value is -4.46. The summed E-state index contributed by atoms with van der Waals surface area (Å²) in [5, 5.41) is 16.4. The molecule has 0 aliphatic heterocycles. The molecule has 2 amide bonds. The number of nitrogens with zero attached hydrogens (tertiary/aromatic N) is 2. The Labute approximate surface area is 198 Å². The topological polar surface area (TPSA) is 105 Å². The van der Waals surface area contributed by atoms with Gasteiger partial charge in [-0.3, -0.25) is 19.7 Å². The monoisotopic (exact) mass is 458 g/mol. The molecule has 3 aromatic rings. The molecule has 0 unspecified atom stereocenters. The van der Waals surface area contributed by atoms with Crippen LogP contribution in [0.15, 0.2) is 78.9 Å². The minimum absolute atomic E-state index is 0.0165. The zero-order chi connectivity index (χ0) is 24.5. The van der Waals surface area contributed by atoms with Crippen molar-refractivity contribution in [2.24, 2.45) is 0 Å². The molecule has 0 heterocycles. The van der Waals surface area contributed by atoms with Gasteiger partial charge in [0.25, 0.3) is 11.6 Å². The molecule has 8 heteroatoms. The molecule has 8 nitrogen and oxygen atoms in total. The Morgan fingerprint density at radius 2 is 1.71 bits per heavy atom. The average molecular weight is 459 g/mol. The van der Waals surface area contributed by atoms with Crippen LogP contribution in [0.2, 0.25) is 0 Å². The normalized spacial score (nSPS) is 10.6. The Kier molecular flexibility index (Phi) is 8.12. The van der Waals surface area contributed by atoms with Crippen LogP contribution in [-0.2, 0) is 11.2 Å². The second-order valence-corrected chi connectivity index (χ2v) is 7.79. The molecule has 2 N–H and O–H groups in total. The summed E-state index contributed by atoms with van der Waals surface area (Å²) in [7, 11) is 3.70. The smallest absolute Gasteiger partial charge is 0.269 e. The van der Waals surface area contributed by atoms with Crippen molar-refractivity contribution in [3.05, 3.63) is 106 Å². The lowest BCUT2D eigenvalue weighted by atomic mass is 10.1. The van der Waals surface area contributed by atoms with Crippen LogP contribution >= 0.6 is 0 Å². The van der Waals surface area contributed by atoms with E-state index in [1.807, 2.05) is 49.3 Å². The van der Waals surface area contributed by atoms with Crippen molar-refractivity contribution in [1.82, 2.24) is 5.32 Å². The first-order valence-electron chi connectivity index (χ1n) is 10.7. The average Bonchev–Trinajstić information content (AvgIpc) is 2.83. The molecule has 3 aromatic carbocycles. The minimum Gasteiger partial charge on any atom is -0.377 e. The van der Waals surface area contributed by atoms with Crippen molar-refractivity contribution >= 4 is 35.0 Å². The van der Waals surface area contributed by atoms with Gasteiger partial charge in [-0.25, -0.2) is 0 Å². The maximum Gasteiger partial charge on any atom is 0.269 e. The predicted molar refractivity (Wildman–Crippen MR) is 134 cm³/mol. The van der Waals surface area contributed by atoms with Gasteiger partial charge in [-0.05, 0) is 54.0 Å². The SMILES string of the molecule is CN(C)c1ccc(NC(=O)C=Cc2ccc([N+](=O)[O-])cc2)cc1C(=O)NCCc1ccccc1. The summed E-state index contributed by atoms with van der Waals surface area (Å²) < 4.78 is 0. The lowest BCUT2D eigenvalue weighted by Crippen LogP contribution is -2.28. The van der Waals surface area contributed by atoms with Crippen LogP contribution in [0.1, 0.15) is 21.5 Å². The van der Waals surface area contributed by atoms with Gasteiger partial charge in [0, 0.05) is 50.2 Å². The Balaban J connectivity index is 1.66. The van der Waals surface area contributed by atoms with Gasteiger partial charge in [0.05, 0.1) is 10.5 Å². The molecule has 0 aliphatic rings. The maximum absolute atomic E-state index is 12.9. The Morgan fingerprint density at radius 1 is 1.00 bits per heavy atom. The van der Waals surface area contributed by atoms with Gasteiger partial charge in [-0.1, -0.05) is 30.3 Å². The van der Waals surface area contributed by atoms with Crippen molar-refractivity contribution in [3.63, 3.8) is 0 Å². The Morgan fingerprint density at radius 3 is 2.35 bits per heavy atom. The van der Waals surface area contributed by atoms with E-state index in [9.17, 15) is 19.7 Å². The fourth-order valence-corrected chi connectivity index (χ4v) is 3.31. The van der Waals surface area contributed by atoms with E-state index in [2.05, 4.69) is 10.6 Å². The number of hydrogen-bond acceptors (Lipinski definition) is 5. The van der Waals surface area contributed by atoms with Crippen molar-refractivity contribution in [3.8, 4) is 0 Å². The van der Waals surface area contributed by atoms with Crippen molar-refractivity contribution < 1.29 is 14.5 Å². The summed E-state index contributed by atoms with van der Waals surface area (Å²) >= 11 is 0. The number of nitro groups is 1. The number of amides is 2. The van der Waals surface area contributed by atoms with Gasteiger partial charge in [0.2, 0.25) is 5.91 Å². The molecule has 0 atom stereocenters. The van der Waals surface area contributed by atoms with E-state index in [0.29, 0.717) is 29.8 Å². The lowest BCUT2D eigenvalue weighted by molar-refractivity contribution is -0.384. The number of carbonyl (C=O) groups excluding carboxylic acids is 2. The van der Waals surface area contributed by atoms with E-state index < -0.39 is 4.92 Å². The van der Waals surface area contributed by atoms with E-state index in [4.69, 9.17) is 0 Å². The second-order valence-electron chi connectivity index (χ2n) is 7.79. The quantitative estimate of drug-likeness (QED) is 0.283. The van der Waals surface area contributed by atoms with Crippen LogP contribution in [-0.4, -0.2) is 37.4 Å². The third kappa shape index (κ3) is 6.77. The van der Waals surface area contributed by atoms with Gasteiger partial charge in [-0.2, -0.15) is 0 Å². The molecule has 3 rings (SSSR count). The number of non-ortho nitro benzene ring substituents is 1.